The number of amides is 1. The summed E-state index contributed by atoms with van der Waals surface area (Å²) >= 11 is 0. The third-order valence-electron chi connectivity index (χ3n) is 5.62. The summed E-state index contributed by atoms with van der Waals surface area (Å²) in [5, 5.41) is 0. The molecule has 4 atom stereocenters. The number of hydrogen-bond donors (Lipinski definition) is 0. The fourth-order valence-corrected chi connectivity index (χ4v) is 4.62. The zero-order valence-electron chi connectivity index (χ0n) is 13.0. The quantitative estimate of drug-likeness (QED) is 0.585. The number of fused-ring (bicyclic) bond motifs is 1. The number of rotatable bonds is 4. The van der Waals surface area contributed by atoms with E-state index in [1.165, 1.54) is 12.8 Å². The molecular weight excluding hydrogens is 282 g/mol. The van der Waals surface area contributed by atoms with E-state index in [9.17, 15) is 9.59 Å². The molecule has 5 heteroatoms. The van der Waals surface area contributed by atoms with Crippen molar-refractivity contribution >= 4 is 11.9 Å². The highest BCUT2D eigenvalue weighted by Crippen LogP contribution is 2.53. The van der Waals surface area contributed by atoms with E-state index in [4.69, 9.17) is 9.47 Å². The van der Waals surface area contributed by atoms with Crippen LogP contribution in [0.1, 0.15) is 39.0 Å². The molecule has 0 aromatic heterocycles. The van der Waals surface area contributed by atoms with Gasteiger partial charge in [-0.1, -0.05) is 31.9 Å². The fourth-order valence-electron chi connectivity index (χ4n) is 4.62. The van der Waals surface area contributed by atoms with Gasteiger partial charge in [-0.05, 0) is 19.3 Å². The summed E-state index contributed by atoms with van der Waals surface area (Å²) in [4.78, 5) is 27.3. The fraction of sp³-hybridized carbons (Fsp3) is 0.765. The van der Waals surface area contributed by atoms with Crippen molar-refractivity contribution in [3.05, 3.63) is 12.2 Å². The van der Waals surface area contributed by atoms with Crippen LogP contribution in [0.2, 0.25) is 0 Å². The number of ether oxygens (including phenoxy) is 2. The van der Waals surface area contributed by atoms with Gasteiger partial charge in [0.25, 0.3) is 0 Å². The highest BCUT2D eigenvalue weighted by Gasteiger charge is 2.67. The Balaban J connectivity index is 1.58. The lowest BCUT2D eigenvalue weighted by Crippen LogP contribution is -2.41. The number of hydrogen-bond acceptors (Lipinski definition) is 4. The van der Waals surface area contributed by atoms with Gasteiger partial charge < -0.3 is 14.4 Å². The van der Waals surface area contributed by atoms with E-state index < -0.39 is 11.5 Å². The van der Waals surface area contributed by atoms with Crippen LogP contribution in [-0.4, -0.2) is 47.7 Å². The average molecular weight is 305 g/mol. The van der Waals surface area contributed by atoms with E-state index in [2.05, 4.69) is 0 Å². The van der Waals surface area contributed by atoms with Crippen molar-refractivity contribution < 1.29 is 19.1 Å². The molecule has 22 heavy (non-hydrogen) atoms. The van der Waals surface area contributed by atoms with E-state index in [0.29, 0.717) is 19.2 Å². The van der Waals surface area contributed by atoms with Gasteiger partial charge >= 0.3 is 5.97 Å². The molecule has 3 fully saturated rings. The minimum absolute atomic E-state index is 0.0946. The molecule has 3 aliphatic heterocycles. The van der Waals surface area contributed by atoms with Crippen molar-refractivity contribution in [1.29, 1.82) is 0 Å². The molecule has 0 N–H and O–H groups in total. The molecule has 2 bridgehead atoms. The summed E-state index contributed by atoms with van der Waals surface area (Å²) < 4.78 is 11.4. The lowest BCUT2D eigenvalue weighted by molar-refractivity contribution is -0.154. The van der Waals surface area contributed by atoms with Crippen LogP contribution in [-0.2, 0) is 19.1 Å². The number of carbonyl (C=O) groups excluding carboxylic acids is 2. The first-order valence-corrected chi connectivity index (χ1v) is 8.50. The van der Waals surface area contributed by atoms with Gasteiger partial charge in [-0.3, -0.25) is 9.59 Å². The van der Waals surface area contributed by atoms with E-state index in [1.54, 1.807) is 0 Å². The van der Waals surface area contributed by atoms with Gasteiger partial charge in [-0.15, -0.1) is 0 Å². The standard InChI is InChI=1S/C17H23NO4/c1-2-9-21-16(20)13-12-7-8-17(22-12)10-18(15(19)14(13)17)11-5-3-4-6-11/h7-8,11-14H,2-6,9-10H2,1H3/t12-,13+,14+,17-/m1/s1. The molecule has 5 nitrogen and oxygen atoms in total. The maximum Gasteiger partial charge on any atom is 0.312 e. The van der Waals surface area contributed by atoms with Crippen molar-refractivity contribution in [2.24, 2.45) is 11.8 Å². The molecule has 3 heterocycles. The molecule has 0 unspecified atom stereocenters. The van der Waals surface area contributed by atoms with E-state index in [0.717, 1.165) is 19.3 Å². The first kappa shape index (κ1) is 14.2. The maximum atomic E-state index is 13.0. The molecule has 1 spiro atoms. The van der Waals surface area contributed by atoms with Gasteiger partial charge in [0.15, 0.2) is 0 Å². The van der Waals surface area contributed by atoms with Gasteiger partial charge in [-0.25, -0.2) is 0 Å². The van der Waals surface area contributed by atoms with E-state index in [-0.39, 0.29) is 23.9 Å². The highest BCUT2D eigenvalue weighted by molar-refractivity contribution is 5.91. The second-order valence-corrected chi connectivity index (χ2v) is 6.97. The predicted octanol–water partition coefficient (Wildman–Crippen LogP) is 1.66. The van der Waals surface area contributed by atoms with Gasteiger partial charge in [0, 0.05) is 6.04 Å². The third-order valence-corrected chi connectivity index (χ3v) is 5.62. The highest BCUT2D eigenvalue weighted by atomic mass is 16.6. The van der Waals surface area contributed by atoms with Crippen molar-refractivity contribution in [2.75, 3.05) is 13.2 Å². The minimum Gasteiger partial charge on any atom is -0.465 e. The normalized spacial score (nSPS) is 39.8. The number of carbonyl (C=O) groups is 2. The summed E-state index contributed by atoms with van der Waals surface area (Å²) in [7, 11) is 0. The molecule has 1 aliphatic carbocycles. The second-order valence-electron chi connectivity index (χ2n) is 6.97. The smallest absolute Gasteiger partial charge is 0.312 e. The van der Waals surface area contributed by atoms with Gasteiger partial charge in [0.1, 0.15) is 11.5 Å². The largest absolute Gasteiger partial charge is 0.465 e. The Hall–Kier alpha value is -1.36. The summed E-state index contributed by atoms with van der Waals surface area (Å²) in [6.07, 6.45) is 8.99. The summed E-state index contributed by atoms with van der Waals surface area (Å²) in [6.45, 7) is 2.98. The summed E-state index contributed by atoms with van der Waals surface area (Å²) in [5.41, 5.74) is -0.583. The average Bonchev–Trinajstić information content (AvgIpc) is 3.25. The van der Waals surface area contributed by atoms with Crippen LogP contribution in [0.15, 0.2) is 12.2 Å². The van der Waals surface area contributed by atoms with Gasteiger partial charge in [0.2, 0.25) is 5.91 Å². The topological polar surface area (TPSA) is 55.8 Å². The van der Waals surface area contributed by atoms with E-state index >= 15 is 0 Å². The molecule has 120 valence electrons. The van der Waals surface area contributed by atoms with Crippen LogP contribution in [0.3, 0.4) is 0 Å². The molecule has 0 radical (unpaired) electrons. The Morgan fingerprint density at radius 1 is 1.45 bits per heavy atom. The Morgan fingerprint density at radius 3 is 2.95 bits per heavy atom. The molecular formula is C17H23NO4. The van der Waals surface area contributed by atoms with Gasteiger partial charge in [0.05, 0.1) is 25.2 Å². The second kappa shape index (κ2) is 5.08. The maximum absolute atomic E-state index is 13.0. The summed E-state index contributed by atoms with van der Waals surface area (Å²) in [5.74, 6) is -1.02. The zero-order valence-corrected chi connectivity index (χ0v) is 13.0. The van der Waals surface area contributed by atoms with Crippen molar-refractivity contribution in [2.45, 2.75) is 56.8 Å². The van der Waals surface area contributed by atoms with Crippen LogP contribution in [0.5, 0.6) is 0 Å². The Morgan fingerprint density at radius 2 is 2.23 bits per heavy atom. The molecule has 0 aromatic rings. The monoisotopic (exact) mass is 305 g/mol. The van der Waals surface area contributed by atoms with Gasteiger partial charge in [-0.2, -0.15) is 0 Å². The molecule has 1 saturated carbocycles. The molecule has 0 aromatic carbocycles. The number of nitrogens with zero attached hydrogens (tertiary/aromatic N) is 1. The molecule has 2 saturated heterocycles. The third kappa shape index (κ3) is 1.87. The van der Waals surface area contributed by atoms with Crippen LogP contribution in [0, 0.1) is 11.8 Å². The Kier molecular flexibility index (Phi) is 3.29. The van der Waals surface area contributed by atoms with E-state index in [1.807, 2.05) is 24.0 Å². The minimum atomic E-state index is -0.583. The number of likely N-dealkylation sites (tertiary alicyclic amines) is 1. The Labute approximate surface area is 130 Å². The van der Waals surface area contributed by atoms with Crippen LogP contribution in [0.4, 0.5) is 0 Å². The first-order valence-electron chi connectivity index (χ1n) is 8.50. The SMILES string of the molecule is CCCOC(=O)[C@@H]1[C@H]2C(=O)N(C3CCCC3)C[C@]23C=C[C@H]1O3. The lowest BCUT2D eigenvalue weighted by atomic mass is 9.77. The van der Waals surface area contributed by atoms with Crippen molar-refractivity contribution in [1.82, 2.24) is 4.90 Å². The summed E-state index contributed by atoms with van der Waals surface area (Å²) in [6, 6.07) is 0.329. The molecule has 4 aliphatic rings. The number of esters is 1. The van der Waals surface area contributed by atoms with Crippen molar-refractivity contribution in [3.8, 4) is 0 Å². The molecule has 1 amide bonds. The van der Waals surface area contributed by atoms with Crippen molar-refractivity contribution in [3.63, 3.8) is 0 Å². The lowest BCUT2D eigenvalue weighted by Gasteiger charge is -2.26. The Bertz CT molecular complexity index is 525. The predicted molar refractivity (Wildman–Crippen MR) is 78.9 cm³/mol. The van der Waals surface area contributed by atoms with Crippen LogP contribution in [0.25, 0.3) is 0 Å². The van der Waals surface area contributed by atoms with Crippen LogP contribution >= 0.6 is 0 Å². The molecule has 4 rings (SSSR count). The van der Waals surface area contributed by atoms with Crippen LogP contribution < -0.4 is 0 Å². The first-order chi connectivity index (χ1) is 10.7. The zero-order chi connectivity index (χ0) is 15.3.